The summed E-state index contributed by atoms with van der Waals surface area (Å²) in [4.78, 5) is 42.9. The molecule has 0 aromatic heterocycles. The summed E-state index contributed by atoms with van der Waals surface area (Å²) in [6, 6.07) is 0. The van der Waals surface area contributed by atoms with Crippen molar-refractivity contribution < 1.29 is 42.7 Å². The van der Waals surface area contributed by atoms with E-state index in [1.165, 1.54) is 89.9 Å². The molecular weight excluding hydrogens is 691 g/mol. The molecule has 0 saturated carbocycles. The lowest BCUT2D eigenvalue weighted by molar-refractivity contribution is -0.161. The van der Waals surface area contributed by atoms with Gasteiger partial charge in [-0.1, -0.05) is 160 Å². The maximum atomic E-state index is 12.4. The third kappa shape index (κ3) is 34.5. The van der Waals surface area contributed by atoms with E-state index in [4.69, 9.17) is 24.0 Å². The first-order valence-corrected chi connectivity index (χ1v) is 22.8. The van der Waals surface area contributed by atoms with Crippen molar-refractivity contribution in [2.24, 2.45) is 5.92 Å². The third-order valence-corrected chi connectivity index (χ3v) is 9.98. The maximum Gasteiger partial charge on any atom is 0.469 e. The predicted octanol–water partition coefficient (Wildman–Crippen LogP) is 11.8. The van der Waals surface area contributed by atoms with Crippen LogP contribution in [0.15, 0.2) is 36.5 Å². The van der Waals surface area contributed by atoms with E-state index in [1.807, 2.05) is 6.08 Å². The molecule has 1 heterocycles. The van der Waals surface area contributed by atoms with E-state index in [9.17, 15) is 14.2 Å². The van der Waals surface area contributed by atoms with Gasteiger partial charge in [0.15, 0.2) is 6.10 Å². The number of esters is 2. The first-order valence-electron chi connectivity index (χ1n) is 21.3. The van der Waals surface area contributed by atoms with Crippen molar-refractivity contribution in [1.29, 1.82) is 0 Å². The molecule has 0 spiro atoms. The molecule has 53 heavy (non-hydrogen) atoms. The minimum atomic E-state index is -4.77. The smallest absolute Gasteiger partial charge is 0.462 e. The number of phosphoric acid groups is 1. The Morgan fingerprint density at radius 3 is 1.74 bits per heavy atom. The van der Waals surface area contributed by atoms with Crippen LogP contribution in [-0.4, -0.2) is 53.3 Å². The number of carbonyl (C=O) groups is 2. The lowest BCUT2D eigenvalue weighted by Crippen LogP contribution is -2.29. The Hall–Kier alpha value is -1.77. The maximum absolute atomic E-state index is 12.4. The number of epoxide rings is 1. The van der Waals surface area contributed by atoms with Gasteiger partial charge < -0.3 is 24.0 Å². The van der Waals surface area contributed by atoms with Gasteiger partial charge in [0.1, 0.15) is 6.61 Å². The molecule has 0 radical (unpaired) electrons. The SMILES string of the molecule is CCCCC/C=C\CC1OC1C/C=C\C/C=C\CCCC(=O)OC[C@H](COP(=O)(O)O)OC(=O)CCCCCCCCCCCCCCCCC(C)C. The van der Waals surface area contributed by atoms with E-state index >= 15 is 0 Å². The van der Waals surface area contributed by atoms with E-state index in [0.29, 0.717) is 25.0 Å². The van der Waals surface area contributed by atoms with Crippen LogP contribution in [0, 0.1) is 5.92 Å². The van der Waals surface area contributed by atoms with Crippen molar-refractivity contribution in [2.45, 2.75) is 206 Å². The highest BCUT2D eigenvalue weighted by Crippen LogP contribution is 2.36. The predicted molar refractivity (Wildman–Crippen MR) is 215 cm³/mol. The van der Waals surface area contributed by atoms with Crippen LogP contribution in [0.4, 0.5) is 0 Å². The second kappa shape index (κ2) is 33.6. The van der Waals surface area contributed by atoms with Crippen LogP contribution in [0.1, 0.15) is 188 Å². The molecule has 0 amide bonds. The first-order chi connectivity index (χ1) is 25.6. The number of hydrogen-bond donors (Lipinski definition) is 2. The largest absolute Gasteiger partial charge is 0.469 e. The highest BCUT2D eigenvalue weighted by atomic mass is 31.2. The summed E-state index contributed by atoms with van der Waals surface area (Å²) in [7, 11) is -4.77. The fraction of sp³-hybridized carbons (Fsp3) is 0.814. The van der Waals surface area contributed by atoms with Gasteiger partial charge in [0.05, 0.1) is 18.8 Å². The topological polar surface area (TPSA) is 132 Å². The van der Waals surface area contributed by atoms with Crippen LogP contribution in [0.5, 0.6) is 0 Å². The normalized spacial score (nSPS) is 16.7. The van der Waals surface area contributed by atoms with E-state index in [0.717, 1.165) is 57.3 Å². The van der Waals surface area contributed by atoms with Gasteiger partial charge in [-0.05, 0) is 57.3 Å². The van der Waals surface area contributed by atoms with Gasteiger partial charge in [0.25, 0.3) is 0 Å². The summed E-state index contributed by atoms with van der Waals surface area (Å²) >= 11 is 0. The number of ether oxygens (including phenoxy) is 3. The van der Waals surface area contributed by atoms with Gasteiger partial charge >= 0.3 is 19.8 Å². The average Bonchev–Trinajstić information content (AvgIpc) is 3.87. The van der Waals surface area contributed by atoms with Gasteiger partial charge in [-0.25, -0.2) is 4.57 Å². The van der Waals surface area contributed by atoms with Crippen molar-refractivity contribution in [3.63, 3.8) is 0 Å². The molecular formula is C43H77O9P. The van der Waals surface area contributed by atoms with Crippen molar-refractivity contribution in [2.75, 3.05) is 13.2 Å². The Bertz CT molecular complexity index is 1030. The standard InChI is InChI=1S/C43H77O9P/c1-4-5-6-7-22-27-32-40-41(52-40)33-28-23-18-16-20-24-29-34-42(44)49-36-39(37-50-53(46,47)48)51-43(45)35-30-25-19-15-13-11-9-8-10-12-14-17-21-26-31-38(2)3/h16,20,22-23,27-28,38-41H,4-15,17-19,21,24-26,29-37H2,1-3H3,(H2,46,47,48)/b20-16-,27-22-,28-23-/t39-,40?,41?/m1/s1. The summed E-state index contributed by atoms with van der Waals surface area (Å²) < 4.78 is 32.1. The van der Waals surface area contributed by atoms with Crippen molar-refractivity contribution in [1.82, 2.24) is 0 Å². The molecule has 1 aliphatic rings. The van der Waals surface area contributed by atoms with Gasteiger partial charge in [0, 0.05) is 12.8 Å². The van der Waals surface area contributed by atoms with Crippen LogP contribution in [0.25, 0.3) is 0 Å². The molecule has 1 fully saturated rings. The summed E-state index contributed by atoms with van der Waals surface area (Å²) in [5, 5.41) is 0. The molecule has 1 saturated heterocycles. The average molecular weight is 769 g/mol. The Balaban J connectivity index is 2.09. The van der Waals surface area contributed by atoms with Crippen LogP contribution >= 0.6 is 7.82 Å². The zero-order valence-electron chi connectivity index (χ0n) is 33.8. The molecule has 10 heteroatoms. The fourth-order valence-corrected chi connectivity index (χ4v) is 6.54. The van der Waals surface area contributed by atoms with Gasteiger partial charge in [0.2, 0.25) is 0 Å². The number of carbonyl (C=O) groups excluding carboxylic acids is 2. The first kappa shape index (κ1) is 49.2. The number of phosphoric ester groups is 1. The van der Waals surface area contributed by atoms with Crippen molar-refractivity contribution >= 4 is 19.8 Å². The molecule has 308 valence electrons. The molecule has 2 unspecified atom stereocenters. The second-order valence-electron chi connectivity index (χ2n) is 15.2. The van der Waals surface area contributed by atoms with Crippen LogP contribution in [0.2, 0.25) is 0 Å². The molecule has 2 N–H and O–H groups in total. The second-order valence-corrected chi connectivity index (χ2v) is 16.4. The minimum absolute atomic E-state index is 0.187. The summed E-state index contributed by atoms with van der Waals surface area (Å²) in [5.41, 5.74) is 0. The van der Waals surface area contributed by atoms with Crippen molar-refractivity contribution in [3.8, 4) is 0 Å². The molecule has 3 atom stereocenters. The van der Waals surface area contributed by atoms with Crippen LogP contribution in [0.3, 0.4) is 0 Å². The fourth-order valence-electron chi connectivity index (χ4n) is 6.18. The molecule has 1 rings (SSSR count). The molecule has 0 bridgehead atoms. The summed E-state index contributed by atoms with van der Waals surface area (Å²) in [6.07, 6.45) is 40.5. The monoisotopic (exact) mass is 769 g/mol. The lowest BCUT2D eigenvalue weighted by atomic mass is 10.0. The molecule has 0 aromatic rings. The molecule has 0 aliphatic carbocycles. The summed E-state index contributed by atoms with van der Waals surface area (Å²) in [6.45, 7) is 5.95. The van der Waals surface area contributed by atoms with E-state index in [-0.39, 0.29) is 19.4 Å². The highest BCUT2D eigenvalue weighted by molar-refractivity contribution is 7.46. The Morgan fingerprint density at radius 1 is 0.642 bits per heavy atom. The van der Waals surface area contributed by atoms with E-state index in [1.54, 1.807) is 0 Å². The number of allylic oxidation sites excluding steroid dienone is 4. The number of unbranched alkanes of at least 4 members (excludes halogenated alkanes) is 17. The van der Waals surface area contributed by atoms with E-state index in [2.05, 4.69) is 55.7 Å². The van der Waals surface area contributed by atoms with Gasteiger partial charge in [-0.3, -0.25) is 14.1 Å². The van der Waals surface area contributed by atoms with Gasteiger partial charge in [-0.2, -0.15) is 0 Å². The number of rotatable bonds is 37. The summed E-state index contributed by atoms with van der Waals surface area (Å²) in [5.74, 6) is -0.126. The minimum Gasteiger partial charge on any atom is -0.462 e. The Labute approximate surface area is 323 Å². The quantitative estimate of drug-likeness (QED) is 0.0208. The molecule has 1 aliphatic heterocycles. The van der Waals surface area contributed by atoms with Gasteiger partial charge in [-0.15, -0.1) is 0 Å². The Kier molecular flexibility index (Phi) is 31.2. The van der Waals surface area contributed by atoms with Crippen LogP contribution < -0.4 is 0 Å². The zero-order valence-corrected chi connectivity index (χ0v) is 34.7. The van der Waals surface area contributed by atoms with Crippen LogP contribution in [-0.2, 0) is 32.9 Å². The van der Waals surface area contributed by atoms with E-state index < -0.39 is 32.5 Å². The molecule has 9 nitrogen and oxygen atoms in total. The highest BCUT2D eigenvalue weighted by Gasteiger charge is 2.36. The zero-order chi connectivity index (χ0) is 38.8. The number of hydrogen-bond acceptors (Lipinski definition) is 7. The molecule has 0 aromatic carbocycles. The Morgan fingerprint density at radius 2 is 1.15 bits per heavy atom. The third-order valence-electron chi connectivity index (χ3n) is 9.49. The van der Waals surface area contributed by atoms with Crippen molar-refractivity contribution in [3.05, 3.63) is 36.5 Å². The lowest BCUT2D eigenvalue weighted by Gasteiger charge is -2.18.